The lowest BCUT2D eigenvalue weighted by Crippen LogP contribution is -2.51. The average Bonchev–Trinajstić information content (AvgIpc) is 2.64. The number of hydrogen-bond acceptors (Lipinski definition) is 7. The van der Waals surface area contributed by atoms with E-state index in [2.05, 4.69) is 27.5 Å². The molecule has 0 aromatic heterocycles. The molecule has 6 N–H and O–H groups in total. The van der Waals surface area contributed by atoms with Crippen LogP contribution in [0.2, 0.25) is 0 Å². The summed E-state index contributed by atoms with van der Waals surface area (Å²) in [6, 6.07) is 4.40. The van der Waals surface area contributed by atoms with Crippen molar-refractivity contribution in [1.82, 2.24) is 0 Å². The quantitative estimate of drug-likeness (QED) is 0.193. The van der Waals surface area contributed by atoms with Crippen LogP contribution in [0.15, 0.2) is 15.3 Å². The molecule has 0 aliphatic rings. The number of hydrogen-bond donors (Lipinski definition) is 4. The van der Waals surface area contributed by atoms with Gasteiger partial charge in [0.25, 0.3) is 5.54 Å². The Labute approximate surface area is 167 Å². The van der Waals surface area contributed by atoms with Gasteiger partial charge in [-0.05, 0) is 39.2 Å². The van der Waals surface area contributed by atoms with E-state index in [1.165, 1.54) is 4.70 Å². The zero-order chi connectivity index (χ0) is 22.4. The summed E-state index contributed by atoms with van der Waals surface area (Å²) >= 11 is 0. The first-order chi connectivity index (χ1) is 12.6. The first-order valence-electron chi connectivity index (χ1n) is 9.11. The summed E-state index contributed by atoms with van der Waals surface area (Å²) in [6.07, 6.45) is 0.878. The highest BCUT2D eigenvalue weighted by atomic mass is 15.4. The molecule has 0 saturated carbocycles. The van der Waals surface area contributed by atoms with E-state index in [0.29, 0.717) is 12.8 Å². The summed E-state index contributed by atoms with van der Waals surface area (Å²) in [5, 5.41) is 47.8. The molecule has 0 amide bonds. The van der Waals surface area contributed by atoms with Crippen LogP contribution in [0.1, 0.15) is 61.3 Å². The normalized spacial score (nSPS) is 19.0. The van der Waals surface area contributed by atoms with Gasteiger partial charge >= 0.3 is 0 Å². The van der Waals surface area contributed by atoms with Crippen LogP contribution in [0.5, 0.6) is 0 Å². The molecule has 0 radical (unpaired) electrons. The molecule has 0 rings (SSSR count). The Morgan fingerprint density at radius 1 is 0.929 bits per heavy atom. The Balaban J connectivity index is 6.46. The Morgan fingerprint density at radius 2 is 1.46 bits per heavy atom. The Morgan fingerprint density at radius 3 is 1.79 bits per heavy atom. The monoisotopic (exact) mass is 389 g/mol. The molecule has 0 aliphatic heterocycles. The van der Waals surface area contributed by atoms with Gasteiger partial charge in [-0.3, -0.25) is 10.8 Å². The third-order valence-corrected chi connectivity index (χ3v) is 4.99. The van der Waals surface area contributed by atoms with E-state index < -0.39 is 22.2 Å². The molecule has 0 spiro atoms. The fourth-order valence-corrected chi connectivity index (χ4v) is 1.83. The number of azo groups is 3. The molecule has 0 aromatic carbocycles. The molecule has 3 atom stereocenters. The van der Waals surface area contributed by atoms with Gasteiger partial charge in [-0.15, -0.1) is 4.70 Å². The van der Waals surface area contributed by atoms with Crippen LogP contribution in [0.4, 0.5) is 0 Å². The summed E-state index contributed by atoms with van der Waals surface area (Å²) in [5.74, 6) is -0.454. The summed E-state index contributed by atoms with van der Waals surface area (Å²) in [7, 11) is 0. The number of nitrogens with zero attached hydrogens (tertiary/aromatic N) is 6. The lowest BCUT2D eigenvalue weighted by atomic mass is 9.95. The first-order valence-corrected chi connectivity index (χ1v) is 9.11. The number of rotatable bonds is 10. The largest absolute Gasteiger partial charge is 0.386 e. The van der Waals surface area contributed by atoms with Crippen molar-refractivity contribution in [2.45, 2.75) is 83.5 Å². The maximum Gasteiger partial charge on any atom is 0.269 e. The van der Waals surface area contributed by atoms with E-state index in [1.807, 2.05) is 13.8 Å². The van der Waals surface area contributed by atoms with Crippen molar-refractivity contribution in [3.8, 4) is 12.1 Å². The fourth-order valence-electron chi connectivity index (χ4n) is 1.83. The second-order valence-corrected chi connectivity index (χ2v) is 8.00. The van der Waals surface area contributed by atoms with Crippen LogP contribution in [-0.4, -0.2) is 45.1 Å². The topological polar surface area (TPSA) is 187 Å². The lowest BCUT2D eigenvalue weighted by Gasteiger charge is -2.27. The lowest BCUT2D eigenvalue weighted by molar-refractivity contribution is -0.657. The van der Waals surface area contributed by atoms with Crippen LogP contribution in [0.3, 0.4) is 0 Å². The highest BCUT2D eigenvalue weighted by Gasteiger charge is 2.46. The van der Waals surface area contributed by atoms with Crippen LogP contribution in [0, 0.1) is 33.5 Å². The average molecular weight is 390 g/mol. The molecule has 0 aliphatic carbocycles. The van der Waals surface area contributed by atoms with E-state index in [9.17, 15) is 10.5 Å². The Hall–Kier alpha value is -2.88. The summed E-state index contributed by atoms with van der Waals surface area (Å²) in [4.78, 5) is 0. The SMILES string of the molecule is CCC(C)(C#N)N=[N+](CC(C)(N=NC(C)(C)C(=N)N)C(=N)N)C(C)(C#N)CC. The van der Waals surface area contributed by atoms with Crippen molar-refractivity contribution in [2.75, 3.05) is 6.54 Å². The van der Waals surface area contributed by atoms with Crippen LogP contribution >= 0.6 is 0 Å². The number of nitrogens with one attached hydrogen (secondary N) is 2. The first kappa shape index (κ1) is 25.1. The molecule has 0 saturated heterocycles. The van der Waals surface area contributed by atoms with Gasteiger partial charge in [0.2, 0.25) is 12.1 Å². The highest BCUT2D eigenvalue weighted by Crippen LogP contribution is 2.25. The number of nitrogens with two attached hydrogens (primary N) is 2. The predicted octanol–water partition coefficient (Wildman–Crippen LogP) is 2.70. The number of amidine groups is 2. The van der Waals surface area contributed by atoms with Crippen LogP contribution < -0.4 is 11.5 Å². The van der Waals surface area contributed by atoms with Crippen molar-refractivity contribution in [2.24, 2.45) is 26.8 Å². The maximum atomic E-state index is 9.75. The fraction of sp³-hybridized carbons (Fsp3) is 0.778. The van der Waals surface area contributed by atoms with Gasteiger partial charge in [0.15, 0.2) is 5.54 Å². The Kier molecular flexibility index (Phi) is 7.96. The molecule has 3 unspecified atom stereocenters. The van der Waals surface area contributed by atoms with Gasteiger partial charge in [-0.2, -0.15) is 20.8 Å². The van der Waals surface area contributed by atoms with Crippen LogP contribution in [-0.2, 0) is 0 Å². The van der Waals surface area contributed by atoms with Crippen molar-refractivity contribution >= 4 is 11.7 Å². The second kappa shape index (κ2) is 8.87. The smallest absolute Gasteiger partial charge is 0.269 e. The van der Waals surface area contributed by atoms with Gasteiger partial charge in [0.1, 0.15) is 23.3 Å². The van der Waals surface area contributed by atoms with Crippen LogP contribution in [0.25, 0.3) is 0 Å². The van der Waals surface area contributed by atoms with Gasteiger partial charge in [-0.25, -0.2) is 0 Å². The molecule has 0 fully saturated rings. The zero-order valence-electron chi connectivity index (χ0n) is 18.0. The molecular weight excluding hydrogens is 356 g/mol. The van der Waals surface area contributed by atoms with Crippen molar-refractivity contribution < 1.29 is 4.70 Å². The highest BCUT2D eigenvalue weighted by molar-refractivity contribution is 5.88. The molecule has 154 valence electrons. The molecule has 0 heterocycles. The van der Waals surface area contributed by atoms with E-state index in [1.54, 1.807) is 34.6 Å². The molecule has 0 aromatic rings. The van der Waals surface area contributed by atoms with Gasteiger partial charge in [0.05, 0.1) is 6.07 Å². The third-order valence-electron chi connectivity index (χ3n) is 4.99. The van der Waals surface area contributed by atoms with Crippen molar-refractivity contribution in [1.29, 1.82) is 21.3 Å². The van der Waals surface area contributed by atoms with Gasteiger partial charge in [-0.1, -0.05) is 13.8 Å². The maximum absolute atomic E-state index is 9.75. The summed E-state index contributed by atoms with van der Waals surface area (Å²) in [5.41, 5.74) is 6.89. The summed E-state index contributed by atoms with van der Waals surface area (Å²) in [6.45, 7) is 11.9. The van der Waals surface area contributed by atoms with Crippen molar-refractivity contribution in [3.63, 3.8) is 0 Å². The van der Waals surface area contributed by atoms with Gasteiger partial charge < -0.3 is 11.5 Å². The van der Waals surface area contributed by atoms with E-state index in [-0.39, 0.29) is 18.2 Å². The standard InChI is InChI=1S/C18H33N10/c1-8-16(5,10-19)27-28(17(6,9-2)11-20)12-18(7,14(23)24)26-25-15(3,4)13(21)22/h8-9,12H2,1-7H3,(H3,21,22)(H3,23,24)/q+1. The van der Waals surface area contributed by atoms with E-state index in [0.717, 1.165) is 0 Å². The third kappa shape index (κ3) is 5.81. The number of nitriles is 2. The second-order valence-electron chi connectivity index (χ2n) is 8.00. The van der Waals surface area contributed by atoms with Crippen molar-refractivity contribution in [3.05, 3.63) is 0 Å². The molecular formula is C18H33N10+. The molecule has 0 bridgehead atoms. The Bertz CT molecular complexity index is 753. The van der Waals surface area contributed by atoms with Gasteiger partial charge in [0, 0.05) is 13.3 Å². The molecule has 10 heteroatoms. The molecule has 10 nitrogen and oxygen atoms in total. The summed E-state index contributed by atoms with van der Waals surface area (Å²) < 4.78 is 1.49. The van der Waals surface area contributed by atoms with E-state index >= 15 is 0 Å². The minimum absolute atomic E-state index is 0.0327. The van der Waals surface area contributed by atoms with E-state index in [4.69, 9.17) is 22.3 Å². The minimum Gasteiger partial charge on any atom is -0.386 e. The zero-order valence-corrected chi connectivity index (χ0v) is 18.0. The predicted molar refractivity (Wildman–Crippen MR) is 107 cm³/mol. The minimum atomic E-state index is -1.33. The molecule has 28 heavy (non-hydrogen) atoms.